The fraction of sp³-hybridized carbons (Fsp3) is 0.923. The van der Waals surface area contributed by atoms with Crippen LogP contribution in [0.3, 0.4) is 0 Å². The number of hydrogen-bond acceptors (Lipinski definition) is 2. The molecule has 2 heteroatoms. The number of esters is 1. The third-order valence-electron chi connectivity index (χ3n) is 4.81. The zero-order valence-electron chi connectivity index (χ0n) is 10.2. The molecule has 0 N–H and O–H groups in total. The largest absolute Gasteiger partial charge is 0.462 e. The van der Waals surface area contributed by atoms with Crippen molar-refractivity contribution in [3.8, 4) is 0 Å². The average Bonchev–Trinajstić information content (AvgIpc) is 2.15. The molecule has 3 saturated carbocycles. The third-order valence-corrected chi connectivity index (χ3v) is 4.81. The molecule has 0 aromatic heterocycles. The van der Waals surface area contributed by atoms with Gasteiger partial charge in [0.2, 0.25) is 0 Å². The Bertz CT molecular complexity index is 270. The van der Waals surface area contributed by atoms with E-state index in [2.05, 4.69) is 20.8 Å². The summed E-state index contributed by atoms with van der Waals surface area (Å²) in [6, 6.07) is 0. The first-order valence-electron chi connectivity index (χ1n) is 6.14. The van der Waals surface area contributed by atoms with Gasteiger partial charge in [-0.25, -0.2) is 0 Å². The second-order valence-electron chi connectivity index (χ2n) is 5.82. The molecule has 3 aliphatic carbocycles. The molecule has 3 fully saturated rings. The quantitative estimate of drug-likeness (QED) is 0.655. The van der Waals surface area contributed by atoms with Crippen molar-refractivity contribution in [2.24, 2.45) is 23.2 Å². The number of carbonyl (C=O) groups excluding carboxylic acids is 1. The van der Waals surface area contributed by atoms with Gasteiger partial charge in [-0.2, -0.15) is 0 Å². The topological polar surface area (TPSA) is 26.3 Å². The maximum absolute atomic E-state index is 11.1. The van der Waals surface area contributed by atoms with E-state index in [1.54, 1.807) is 0 Å². The normalized spacial score (nSPS) is 41.9. The lowest BCUT2D eigenvalue weighted by atomic mass is 9.44. The van der Waals surface area contributed by atoms with Gasteiger partial charge in [-0.05, 0) is 30.1 Å². The van der Waals surface area contributed by atoms with Gasteiger partial charge in [0.05, 0.1) is 0 Å². The van der Waals surface area contributed by atoms with E-state index >= 15 is 0 Å². The smallest absolute Gasteiger partial charge is 0.302 e. The van der Waals surface area contributed by atoms with Crippen LogP contribution in [0.4, 0.5) is 0 Å². The van der Waals surface area contributed by atoms with Crippen LogP contribution in [0.5, 0.6) is 0 Å². The summed E-state index contributed by atoms with van der Waals surface area (Å²) in [5.74, 6) is 2.11. The molecule has 3 rings (SSSR count). The highest BCUT2D eigenvalue weighted by atomic mass is 16.5. The van der Waals surface area contributed by atoms with Crippen LogP contribution in [0.2, 0.25) is 0 Å². The zero-order valence-corrected chi connectivity index (χ0v) is 10.2. The predicted molar refractivity (Wildman–Crippen MR) is 59.3 cm³/mol. The summed E-state index contributed by atoms with van der Waals surface area (Å²) in [5, 5.41) is 0. The molecular formula is C13H22O2. The average molecular weight is 210 g/mol. The summed E-state index contributed by atoms with van der Waals surface area (Å²) in [5.41, 5.74) is 0.388. The van der Waals surface area contributed by atoms with Crippen LogP contribution in [-0.4, -0.2) is 12.1 Å². The zero-order chi connectivity index (χ0) is 11.2. The first kappa shape index (κ1) is 11.0. The number of ether oxygens (including phenoxy) is 1. The molecule has 0 radical (unpaired) electrons. The van der Waals surface area contributed by atoms with Gasteiger partial charge < -0.3 is 4.74 Å². The summed E-state index contributed by atoms with van der Waals surface area (Å²) in [7, 11) is 0. The number of carbonyl (C=O) groups is 1. The first-order valence-corrected chi connectivity index (χ1v) is 6.14. The summed E-state index contributed by atoms with van der Waals surface area (Å²) >= 11 is 0. The molecule has 4 atom stereocenters. The second-order valence-corrected chi connectivity index (χ2v) is 5.82. The lowest BCUT2D eigenvalue weighted by Crippen LogP contribution is -2.59. The van der Waals surface area contributed by atoms with E-state index in [1.807, 2.05) is 0 Å². The standard InChI is InChI=1S/C13H22O2/c1-5-9-6-12(15-8(2)14)11-7-10(9)13(11,3)4/h9-12H,5-7H2,1-4H3. The van der Waals surface area contributed by atoms with Crippen molar-refractivity contribution in [2.45, 2.75) is 53.1 Å². The molecule has 0 amide bonds. The van der Waals surface area contributed by atoms with Crippen LogP contribution < -0.4 is 0 Å². The maximum Gasteiger partial charge on any atom is 0.302 e. The Morgan fingerprint density at radius 2 is 2.00 bits per heavy atom. The fourth-order valence-electron chi connectivity index (χ4n) is 3.85. The Labute approximate surface area is 92.4 Å². The summed E-state index contributed by atoms with van der Waals surface area (Å²) < 4.78 is 5.47. The van der Waals surface area contributed by atoms with Gasteiger partial charge in [-0.15, -0.1) is 0 Å². The van der Waals surface area contributed by atoms with Crippen molar-refractivity contribution < 1.29 is 9.53 Å². The Balaban J connectivity index is 2.11. The Hall–Kier alpha value is -0.530. The number of fused-ring (bicyclic) bond motifs is 2. The molecule has 0 aromatic carbocycles. The Morgan fingerprint density at radius 3 is 2.47 bits per heavy atom. The van der Waals surface area contributed by atoms with Crippen LogP contribution in [0.1, 0.15) is 47.0 Å². The molecule has 0 spiro atoms. The first-order chi connectivity index (χ1) is 6.96. The molecule has 3 aliphatic rings. The minimum atomic E-state index is -0.115. The molecule has 0 aromatic rings. The van der Waals surface area contributed by atoms with E-state index in [0.29, 0.717) is 11.3 Å². The Kier molecular flexibility index (Phi) is 2.56. The van der Waals surface area contributed by atoms with E-state index in [0.717, 1.165) is 18.3 Å². The molecule has 2 bridgehead atoms. The van der Waals surface area contributed by atoms with Gasteiger partial charge in [0.1, 0.15) is 6.10 Å². The molecule has 15 heavy (non-hydrogen) atoms. The molecule has 86 valence electrons. The van der Waals surface area contributed by atoms with Gasteiger partial charge in [0, 0.05) is 12.8 Å². The maximum atomic E-state index is 11.1. The third kappa shape index (κ3) is 1.58. The minimum Gasteiger partial charge on any atom is -0.462 e. The van der Waals surface area contributed by atoms with Crippen molar-refractivity contribution in [1.82, 2.24) is 0 Å². The summed E-state index contributed by atoms with van der Waals surface area (Å²) in [6.07, 6.45) is 3.77. The monoisotopic (exact) mass is 210 g/mol. The van der Waals surface area contributed by atoms with Gasteiger partial charge in [-0.3, -0.25) is 4.79 Å². The molecule has 2 nitrogen and oxygen atoms in total. The van der Waals surface area contributed by atoms with Gasteiger partial charge in [0.15, 0.2) is 0 Å². The van der Waals surface area contributed by atoms with Crippen molar-refractivity contribution in [1.29, 1.82) is 0 Å². The van der Waals surface area contributed by atoms with Gasteiger partial charge >= 0.3 is 5.97 Å². The van der Waals surface area contributed by atoms with Gasteiger partial charge in [0.25, 0.3) is 0 Å². The number of hydrogen-bond donors (Lipinski definition) is 0. The van der Waals surface area contributed by atoms with E-state index in [9.17, 15) is 4.79 Å². The number of rotatable bonds is 2. The second kappa shape index (κ2) is 3.50. The van der Waals surface area contributed by atoms with Crippen LogP contribution in [0, 0.1) is 23.2 Å². The van der Waals surface area contributed by atoms with Crippen molar-refractivity contribution in [3.05, 3.63) is 0 Å². The highest BCUT2D eigenvalue weighted by Gasteiger charge is 2.58. The van der Waals surface area contributed by atoms with Gasteiger partial charge in [-0.1, -0.05) is 27.2 Å². The van der Waals surface area contributed by atoms with Crippen molar-refractivity contribution >= 4 is 5.97 Å². The van der Waals surface area contributed by atoms with E-state index < -0.39 is 0 Å². The highest BCUT2D eigenvalue weighted by molar-refractivity contribution is 5.66. The minimum absolute atomic E-state index is 0.115. The lowest BCUT2D eigenvalue weighted by Gasteiger charge is -2.62. The predicted octanol–water partition coefficient (Wildman–Crippen LogP) is 3.01. The summed E-state index contributed by atoms with van der Waals surface area (Å²) in [6.45, 7) is 8.46. The molecule has 0 aliphatic heterocycles. The molecule has 0 heterocycles. The molecular weight excluding hydrogens is 188 g/mol. The fourth-order valence-corrected chi connectivity index (χ4v) is 3.85. The Morgan fingerprint density at radius 1 is 1.33 bits per heavy atom. The van der Waals surface area contributed by atoms with Crippen molar-refractivity contribution in [3.63, 3.8) is 0 Å². The van der Waals surface area contributed by atoms with E-state index in [1.165, 1.54) is 19.8 Å². The van der Waals surface area contributed by atoms with E-state index in [4.69, 9.17) is 4.74 Å². The van der Waals surface area contributed by atoms with Crippen LogP contribution in [0.15, 0.2) is 0 Å². The SMILES string of the molecule is CCC1CC(OC(C)=O)C2CC1C2(C)C. The highest BCUT2D eigenvalue weighted by Crippen LogP contribution is 2.62. The van der Waals surface area contributed by atoms with Crippen LogP contribution in [-0.2, 0) is 9.53 Å². The van der Waals surface area contributed by atoms with Crippen LogP contribution in [0.25, 0.3) is 0 Å². The molecule has 0 saturated heterocycles. The molecule has 4 unspecified atom stereocenters. The lowest BCUT2D eigenvalue weighted by molar-refractivity contribution is -0.196. The van der Waals surface area contributed by atoms with Crippen molar-refractivity contribution in [2.75, 3.05) is 0 Å². The van der Waals surface area contributed by atoms with E-state index in [-0.39, 0.29) is 12.1 Å². The summed E-state index contributed by atoms with van der Waals surface area (Å²) in [4.78, 5) is 11.1. The van der Waals surface area contributed by atoms with Crippen LogP contribution >= 0.6 is 0 Å².